The third-order valence-electron chi connectivity index (χ3n) is 7.78. The first-order valence-electron chi connectivity index (χ1n) is 12.9. The predicted octanol–water partition coefficient (Wildman–Crippen LogP) is 5.54. The van der Waals surface area contributed by atoms with Crippen LogP contribution < -0.4 is 5.32 Å². The fraction of sp³-hybridized carbons (Fsp3) is 0.333. The molecular formula is C30H31N3O3. The highest BCUT2D eigenvalue weighted by molar-refractivity contribution is 6.03. The van der Waals surface area contributed by atoms with Crippen LogP contribution in [0.5, 0.6) is 0 Å². The van der Waals surface area contributed by atoms with E-state index < -0.39 is 5.54 Å². The van der Waals surface area contributed by atoms with Crippen LogP contribution in [0.3, 0.4) is 0 Å². The topological polar surface area (TPSA) is 67.5 Å². The molecule has 1 aliphatic heterocycles. The molecule has 0 bridgehead atoms. The van der Waals surface area contributed by atoms with Crippen LogP contribution >= 0.6 is 0 Å². The summed E-state index contributed by atoms with van der Waals surface area (Å²) in [6, 6.07) is 23.6. The zero-order chi connectivity index (χ0) is 24.7. The first-order chi connectivity index (χ1) is 17.6. The van der Waals surface area contributed by atoms with Gasteiger partial charge in [0, 0.05) is 24.7 Å². The van der Waals surface area contributed by atoms with Gasteiger partial charge < -0.3 is 19.2 Å². The summed E-state index contributed by atoms with van der Waals surface area (Å²) in [5, 5.41) is 3.37. The van der Waals surface area contributed by atoms with Crippen LogP contribution in [0.15, 0.2) is 77.2 Å². The van der Waals surface area contributed by atoms with E-state index in [-0.39, 0.29) is 17.9 Å². The molecule has 36 heavy (non-hydrogen) atoms. The molecule has 0 spiro atoms. The normalized spacial score (nSPS) is 20.5. The van der Waals surface area contributed by atoms with Crippen molar-refractivity contribution in [2.75, 3.05) is 0 Å². The molecule has 2 aromatic heterocycles. The van der Waals surface area contributed by atoms with Crippen molar-refractivity contribution in [3.63, 3.8) is 0 Å². The number of rotatable bonds is 5. The van der Waals surface area contributed by atoms with E-state index in [4.69, 9.17) is 4.42 Å². The fourth-order valence-electron chi connectivity index (χ4n) is 5.95. The molecule has 6 nitrogen and oxygen atoms in total. The van der Waals surface area contributed by atoms with Crippen molar-refractivity contribution >= 4 is 22.9 Å². The van der Waals surface area contributed by atoms with Crippen LogP contribution in [0.1, 0.15) is 59.5 Å². The molecule has 0 unspecified atom stereocenters. The van der Waals surface area contributed by atoms with E-state index in [0.29, 0.717) is 24.4 Å². The predicted molar refractivity (Wildman–Crippen MR) is 138 cm³/mol. The van der Waals surface area contributed by atoms with Crippen molar-refractivity contribution in [3.05, 3.63) is 95.4 Å². The monoisotopic (exact) mass is 481 g/mol. The molecular weight excluding hydrogens is 450 g/mol. The number of carbonyl (C=O) groups excluding carboxylic acids is 2. The second kappa shape index (κ2) is 9.01. The highest BCUT2D eigenvalue weighted by Crippen LogP contribution is 2.41. The maximum absolute atomic E-state index is 14.5. The average molecular weight is 482 g/mol. The van der Waals surface area contributed by atoms with E-state index in [9.17, 15) is 9.59 Å². The molecule has 2 aliphatic rings. The lowest BCUT2D eigenvalue weighted by atomic mass is 9.83. The SMILES string of the molecule is Cc1cc2c(cc3n2C[C@@](C(=O)NC2CCCCC2)(c2ccccc2)N(Cc2ccccc2)C3=O)o1. The van der Waals surface area contributed by atoms with Crippen molar-refractivity contribution in [2.24, 2.45) is 0 Å². The van der Waals surface area contributed by atoms with Crippen LogP contribution in [0.25, 0.3) is 11.1 Å². The Kier molecular flexibility index (Phi) is 5.67. The van der Waals surface area contributed by atoms with Crippen LogP contribution in [0.2, 0.25) is 0 Å². The van der Waals surface area contributed by atoms with E-state index in [2.05, 4.69) is 5.32 Å². The van der Waals surface area contributed by atoms with Gasteiger partial charge in [-0.15, -0.1) is 0 Å². The zero-order valence-corrected chi connectivity index (χ0v) is 20.6. The van der Waals surface area contributed by atoms with E-state index in [0.717, 1.165) is 48.1 Å². The quantitative estimate of drug-likeness (QED) is 0.407. The second-order valence-corrected chi connectivity index (χ2v) is 10.1. The number of nitrogens with zero attached hydrogens (tertiary/aromatic N) is 2. The second-order valence-electron chi connectivity index (χ2n) is 10.1. The van der Waals surface area contributed by atoms with Crippen molar-refractivity contribution < 1.29 is 14.0 Å². The van der Waals surface area contributed by atoms with Gasteiger partial charge >= 0.3 is 0 Å². The van der Waals surface area contributed by atoms with E-state index in [1.54, 1.807) is 4.90 Å². The molecule has 2 amide bonds. The van der Waals surface area contributed by atoms with Crippen LogP contribution in [-0.2, 0) is 23.4 Å². The van der Waals surface area contributed by atoms with Gasteiger partial charge in [-0.3, -0.25) is 9.59 Å². The summed E-state index contributed by atoms with van der Waals surface area (Å²) in [4.78, 5) is 30.5. The summed E-state index contributed by atoms with van der Waals surface area (Å²) in [7, 11) is 0. The number of aryl methyl sites for hydroxylation is 1. The summed E-state index contributed by atoms with van der Waals surface area (Å²) in [5.74, 6) is 0.501. The molecule has 1 N–H and O–H groups in total. The van der Waals surface area contributed by atoms with E-state index in [1.807, 2.05) is 84.3 Å². The number of hydrogen-bond donors (Lipinski definition) is 1. The number of aromatic nitrogens is 1. The van der Waals surface area contributed by atoms with Crippen LogP contribution in [-0.4, -0.2) is 27.3 Å². The standard InChI is InChI=1S/C30H31N3O3/c1-21-17-25-27(36-21)18-26-28(34)33(19-22-11-5-2-6-12-22)30(20-32(25)26,23-13-7-3-8-14-23)29(35)31-24-15-9-4-10-16-24/h2-3,5-8,11-14,17-18,24H,4,9-10,15-16,19-20H2,1H3,(H,31,35)/t30-/m0/s1. The van der Waals surface area contributed by atoms with Gasteiger partial charge in [0.2, 0.25) is 0 Å². The van der Waals surface area contributed by atoms with Gasteiger partial charge in [-0.25, -0.2) is 0 Å². The Morgan fingerprint density at radius 3 is 2.42 bits per heavy atom. The van der Waals surface area contributed by atoms with Gasteiger partial charge in [0.25, 0.3) is 11.8 Å². The third kappa shape index (κ3) is 3.72. The minimum atomic E-state index is -1.20. The molecule has 6 rings (SSSR count). The highest BCUT2D eigenvalue weighted by Gasteiger charge is 2.53. The number of hydrogen-bond acceptors (Lipinski definition) is 3. The summed E-state index contributed by atoms with van der Waals surface area (Å²) in [5.41, 5.74) is 2.67. The van der Waals surface area contributed by atoms with E-state index in [1.165, 1.54) is 6.42 Å². The van der Waals surface area contributed by atoms with Crippen molar-refractivity contribution in [1.82, 2.24) is 14.8 Å². The smallest absolute Gasteiger partial charge is 0.272 e. The van der Waals surface area contributed by atoms with E-state index >= 15 is 0 Å². The number of fused-ring (bicyclic) bond motifs is 3. The minimum absolute atomic E-state index is 0.113. The van der Waals surface area contributed by atoms with Gasteiger partial charge in [0.1, 0.15) is 11.5 Å². The van der Waals surface area contributed by atoms with Gasteiger partial charge in [0.15, 0.2) is 11.1 Å². The fourth-order valence-corrected chi connectivity index (χ4v) is 5.95. The molecule has 3 heterocycles. The Morgan fingerprint density at radius 1 is 1.00 bits per heavy atom. The van der Waals surface area contributed by atoms with Gasteiger partial charge in [0.05, 0.1) is 12.1 Å². The summed E-state index contributed by atoms with van der Waals surface area (Å²) < 4.78 is 7.86. The summed E-state index contributed by atoms with van der Waals surface area (Å²) in [6.07, 6.45) is 5.39. The Labute approximate surface area is 210 Å². The number of carbonyl (C=O) groups is 2. The zero-order valence-electron chi connectivity index (χ0n) is 20.6. The van der Waals surface area contributed by atoms with Gasteiger partial charge in [-0.2, -0.15) is 0 Å². The Balaban J connectivity index is 1.53. The van der Waals surface area contributed by atoms with Crippen molar-refractivity contribution in [2.45, 2.75) is 63.7 Å². The lowest BCUT2D eigenvalue weighted by Crippen LogP contribution is -2.64. The van der Waals surface area contributed by atoms with Crippen LogP contribution in [0, 0.1) is 6.92 Å². The van der Waals surface area contributed by atoms with Crippen molar-refractivity contribution in [3.8, 4) is 0 Å². The first-order valence-corrected chi connectivity index (χ1v) is 12.9. The lowest BCUT2D eigenvalue weighted by molar-refractivity contribution is -0.136. The molecule has 1 aliphatic carbocycles. The maximum Gasteiger partial charge on any atom is 0.272 e. The first kappa shape index (κ1) is 22.7. The molecule has 1 fully saturated rings. The number of amides is 2. The Morgan fingerprint density at radius 2 is 1.69 bits per heavy atom. The third-order valence-corrected chi connectivity index (χ3v) is 7.78. The molecule has 1 saturated carbocycles. The summed E-state index contributed by atoms with van der Waals surface area (Å²) >= 11 is 0. The van der Waals surface area contributed by atoms with Crippen molar-refractivity contribution in [1.29, 1.82) is 0 Å². The minimum Gasteiger partial charge on any atom is -0.460 e. The van der Waals surface area contributed by atoms with Gasteiger partial charge in [-0.05, 0) is 30.9 Å². The lowest BCUT2D eigenvalue weighted by Gasteiger charge is -2.47. The molecule has 1 atom stereocenters. The molecule has 184 valence electrons. The molecule has 0 radical (unpaired) electrons. The Bertz CT molecular complexity index is 1400. The van der Waals surface area contributed by atoms with Gasteiger partial charge in [-0.1, -0.05) is 79.9 Å². The molecule has 4 aromatic rings. The highest BCUT2D eigenvalue weighted by atomic mass is 16.3. The Hall–Kier alpha value is -3.80. The number of nitrogens with one attached hydrogen (secondary N) is 1. The molecule has 0 saturated heterocycles. The largest absolute Gasteiger partial charge is 0.460 e. The maximum atomic E-state index is 14.5. The number of furan rings is 1. The average Bonchev–Trinajstić information content (AvgIpc) is 3.43. The summed E-state index contributed by atoms with van der Waals surface area (Å²) in [6.45, 7) is 2.56. The molecule has 6 heteroatoms. The number of benzene rings is 2. The van der Waals surface area contributed by atoms with Crippen LogP contribution in [0.4, 0.5) is 0 Å². The molecule has 2 aromatic carbocycles.